The summed E-state index contributed by atoms with van der Waals surface area (Å²) in [5.74, 6) is -0.0169. The van der Waals surface area contributed by atoms with Crippen molar-refractivity contribution in [1.82, 2.24) is 0 Å². The van der Waals surface area contributed by atoms with Gasteiger partial charge >= 0.3 is 0 Å². The van der Waals surface area contributed by atoms with Crippen LogP contribution in [0.15, 0.2) is 41.8 Å². The Morgan fingerprint density at radius 3 is 2.28 bits per heavy atom. The second-order valence-electron chi connectivity index (χ2n) is 7.02. The first-order valence-electron chi connectivity index (χ1n) is 9.17. The van der Waals surface area contributed by atoms with E-state index < -0.39 is 15.9 Å². The lowest BCUT2D eigenvalue weighted by Gasteiger charge is -2.30. The average molecular weight is 364 g/mol. The van der Waals surface area contributed by atoms with E-state index in [-0.39, 0.29) is 11.7 Å². The minimum atomic E-state index is -3.21. The monoisotopic (exact) mass is 363 g/mol. The third-order valence-corrected chi connectivity index (χ3v) is 6.39. The maximum atomic E-state index is 13.1. The Kier molecular flexibility index (Phi) is 5.91. The van der Waals surface area contributed by atoms with Crippen molar-refractivity contribution in [3.05, 3.63) is 41.8 Å². The second-order valence-corrected chi connectivity index (χ2v) is 8.95. The third kappa shape index (κ3) is 4.92. The molecule has 0 aromatic heterocycles. The maximum absolute atomic E-state index is 13.1. The number of anilines is 1. The van der Waals surface area contributed by atoms with Crippen LogP contribution in [0.4, 0.5) is 5.69 Å². The van der Waals surface area contributed by atoms with Crippen molar-refractivity contribution in [2.24, 2.45) is 0 Å². The van der Waals surface area contributed by atoms with Crippen LogP contribution in [0.1, 0.15) is 32.1 Å². The van der Waals surface area contributed by atoms with Crippen molar-refractivity contribution in [1.29, 1.82) is 0 Å². The first-order chi connectivity index (χ1) is 12.1. The molecule has 1 amide bonds. The number of quaternary nitrogens is 1. The smallest absolute Gasteiger partial charge is 0.282 e. The number of hydrogen-bond donors (Lipinski definition) is 1. The van der Waals surface area contributed by atoms with Crippen LogP contribution in [0.5, 0.6) is 0 Å². The molecule has 5 nitrogen and oxygen atoms in total. The number of nitrogens with one attached hydrogen (secondary N) is 1. The highest BCUT2D eigenvalue weighted by molar-refractivity contribution is 7.94. The number of para-hydroxylation sites is 1. The molecule has 2 aliphatic rings. The molecule has 0 spiro atoms. The van der Waals surface area contributed by atoms with E-state index in [2.05, 4.69) is 0 Å². The average Bonchev–Trinajstić information content (AvgIpc) is 2.91. The molecule has 6 heteroatoms. The predicted molar refractivity (Wildman–Crippen MR) is 99.3 cm³/mol. The second kappa shape index (κ2) is 8.15. The van der Waals surface area contributed by atoms with Crippen LogP contribution < -0.4 is 9.80 Å². The standard InChI is InChI=1S/C19H26N2O3S/c22-19(15-20-12-7-2-1-3-8-13-20)21(17-9-5-4-6-10-17)18-11-14-25(23,24)16-18/h4-6,9-11,14,18H,1-3,7-8,12-13,15-16H2/p+1/t18-/m1/s1. The van der Waals surface area contributed by atoms with Crippen LogP contribution in [-0.4, -0.2) is 45.8 Å². The fourth-order valence-electron chi connectivity index (χ4n) is 3.71. The van der Waals surface area contributed by atoms with Crippen molar-refractivity contribution in [2.75, 3.05) is 30.3 Å². The number of amides is 1. The lowest BCUT2D eigenvalue weighted by molar-refractivity contribution is -0.892. The first kappa shape index (κ1) is 18.1. The van der Waals surface area contributed by atoms with Gasteiger partial charge in [0.05, 0.1) is 24.9 Å². The number of likely N-dealkylation sites (tertiary alicyclic amines) is 1. The minimum Gasteiger partial charge on any atom is -0.327 e. The van der Waals surface area contributed by atoms with E-state index in [1.54, 1.807) is 11.0 Å². The highest BCUT2D eigenvalue weighted by Gasteiger charge is 2.33. The van der Waals surface area contributed by atoms with Crippen LogP contribution in [0, 0.1) is 0 Å². The summed E-state index contributed by atoms with van der Waals surface area (Å²) in [5, 5.41) is 1.24. The van der Waals surface area contributed by atoms with Crippen molar-refractivity contribution < 1.29 is 18.1 Å². The Bertz CT molecular complexity index is 707. The number of carbonyl (C=O) groups excluding carboxylic acids is 1. The molecule has 1 aromatic rings. The summed E-state index contributed by atoms with van der Waals surface area (Å²) in [6.07, 6.45) is 7.73. The van der Waals surface area contributed by atoms with E-state index in [1.165, 1.54) is 29.6 Å². The highest BCUT2D eigenvalue weighted by atomic mass is 32.2. The molecule has 1 saturated heterocycles. The van der Waals surface area contributed by atoms with Gasteiger partial charge < -0.3 is 4.90 Å². The van der Waals surface area contributed by atoms with Gasteiger partial charge in [-0.3, -0.25) is 9.69 Å². The lowest BCUT2D eigenvalue weighted by Crippen LogP contribution is -3.13. The summed E-state index contributed by atoms with van der Waals surface area (Å²) in [4.78, 5) is 16.1. The van der Waals surface area contributed by atoms with Gasteiger partial charge in [-0.05, 0) is 43.9 Å². The molecule has 3 rings (SSSR count). The van der Waals surface area contributed by atoms with E-state index in [0.717, 1.165) is 31.6 Å². The topological polar surface area (TPSA) is 58.9 Å². The Morgan fingerprint density at radius 2 is 1.68 bits per heavy atom. The van der Waals surface area contributed by atoms with Gasteiger partial charge in [-0.1, -0.05) is 24.6 Å². The quantitative estimate of drug-likeness (QED) is 0.874. The molecule has 0 aliphatic carbocycles. The van der Waals surface area contributed by atoms with Gasteiger partial charge in [0, 0.05) is 11.1 Å². The molecule has 25 heavy (non-hydrogen) atoms. The summed E-state index contributed by atoms with van der Waals surface area (Å²) in [7, 11) is -3.21. The van der Waals surface area contributed by atoms with Crippen molar-refractivity contribution in [3.63, 3.8) is 0 Å². The number of benzene rings is 1. The molecule has 0 radical (unpaired) electrons. The first-order valence-corrected chi connectivity index (χ1v) is 10.9. The zero-order valence-corrected chi connectivity index (χ0v) is 15.4. The van der Waals surface area contributed by atoms with Crippen LogP contribution in [-0.2, 0) is 14.6 Å². The number of hydrogen-bond acceptors (Lipinski definition) is 3. The number of rotatable bonds is 4. The van der Waals surface area contributed by atoms with Gasteiger partial charge in [-0.2, -0.15) is 0 Å². The molecule has 1 N–H and O–H groups in total. The molecule has 1 atom stereocenters. The summed E-state index contributed by atoms with van der Waals surface area (Å²) >= 11 is 0. The summed E-state index contributed by atoms with van der Waals surface area (Å²) in [6.45, 7) is 2.47. The Hall–Kier alpha value is -1.66. The number of nitrogens with zero attached hydrogens (tertiary/aromatic N) is 1. The molecule has 0 saturated carbocycles. The Balaban J connectivity index is 1.76. The molecule has 2 aliphatic heterocycles. The highest BCUT2D eigenvalue weighted by Crippen LogP contribution is 2.22. The van der Waals surface area contributed by atoms with Gasteiger partial charge in [0.15, 0.2) is 16.4 Å². The Morgan fingerprint density at radius 1 is 1.04 bits per heavy atom. The summed E-state index contributed by atoms with van der Waals surface area (Å²) in [5.41, 5.74) is 0.769. The summed E-state index contributed by atoms with van der Waals surface area (Å²) < 4.78 is 23.7. The fraction of sp³-hybridized carbons (Fsp3) is 0.526. The SMILES string of the molecule is O=C(C[NH+]1CCCCCCC1)N(c1ccccc1)[C@@H]1C=CS(=O)(=O)C1. The van der Waals surface area contributed by atoms with Crippen LogP contribution in [0.2, 0.25) is 0 Å². The lowest BCUT2D eigenvalue weighted by atomic mass is 10.1. The van der Waals surface area contributed by atoms with Gasteiger partial charge in [-0.25, -0.2) is 8.42 Å². The fourth-order valence-corrected chi connectivity index (χ4v) is 4.98. The van der Waals surface area contributed by atoms with Crippen LogP contribution >= 0.6 is 0 Å². The molecule has 1 fully saturated rings. The van der Waals surface area contributed by atoms with Crippen LogP contribution in [0.25, 0.3) is 0 Å². The molecule has 0 bridgehead atoms. The van der Waals surface area contributed by atoms with Crippen molar-refractivity contribution in [2.45, 2.75) is 38.1 Å². The predicted octanol–water partition coefficient (Wildman–Crippen LogP) is 1.18. The molecular weight excluding hydrogens is 336 g/mol. The minimum absolute atomic E-state index is 0.00789. The summed E-state index contributed by atoms with van der Waals surface area (Å²) in [6, 6.07) is 9.00. The van der Waals surface area contributed by atoms with Gasteiger partial charge in [-0.15, -0.1) is 0 Å². The van der Waals surface area contributed by atoms with E-state index >= 15 is 0 Å². The van der Waals surface area contributed by atoms with Crippen molar-refractivity contribution >= 4 is 21.4 Å². The third-order valence-electron chi connectivity index (χ3n) is 5.01. The van der Waals surface area contributed by atoms with E-state index in [1.807, 2.05) is 30.3 Å². The molecular formula is C19H27N2O3S+. The molecule has 136 valence electrons. The van der Waals surface area contributed by atoms with E-state index in [4.69, 9.17) is 0 Å². The Labute approximate surface area is 150 Å². The van der Waals surface area contributed by atoms with Gasteiger partial charge in [0.1, 0.15) is 0 Å². The molecule has 2 heterocycles. The van der Waals surface area contributed by atoms with Crippen LogP contribution in [0.3, 0.4) is 0 Å². The van der Waals surface area contributed by atoms with Gasteiger partial charge in [0.2, 0.25) is 0 Å². The van der Waals surface area contributed by atoms with E-state index in [0.29, 0.717) is 6.54 Å². The maximum Gasteiger partial charge on any atom is 0.282 e. The number of sulfone groups is 1. The molecule has 1 aromatic carbocycles. The van der Waals surface area contributed by atoms with E-state index in [9.17, 15) is 13.2 Å². The van der Waals surface area contributed by atoms with Gasteiger partial charge in [0.25, 0.3) is 5.91 Å². The largest absolute Gasteiger partial charge is 0.327 e. The normalized spacial score (nSPS) is 23.8. The number of carbonyl (C=O) groups is 1. The zero-order chi connectivity index (χ0) is 17.7. The molecule has 0 unspecified atom stereocenters. The zero-order valence-electron chi connectivity index (χ0n) is 14.6. The van der Waals surface area contributed by atoms with Crippen molar-refractivity contribution in [3.8, 4) is 0 Å².